The molecule has 2 amide bonds. The number of imide groups is 1. The van der Waals surface area contributed by atoms with Crippen molar-refractivity contribution in [2.75, 3.05) is 5.73 Å². The van der Waals surface area contributed by atoms with E-state index in [4.69, 9.17) is 5.73 Å². The van der Waals surface area contributed by atoms with Crippen LogP contribution in [0.25, 0.3) is 5.69 Å². The molecule has 2 heterocycles. The highest BCUT2D eigenvalue weighted by Crippen LogP contribution is 2.32. The fraction of sp³-hybridized carbons (Fsp3) is 0.0714. The molecule has 0 unspecified atom stereocenters. The van der Waals surface area contributed by atoms with E-state index in [1.807, 2.05) is 0 Å². The number of hydrogen-bond acceptors (Lipinski definition) is 5. The highest BCUT2D eigenvalue weighted by molar-refractivity contribution is 9.10. The molecule has 1 aliphatic heterocycles. The van der Waals surface area contributed by atoms with Crippen molar-refractivity contribution in [1.82, 2.24) is 9.88 Å². The Morgan fingerprint density at radius 1 is 1.18 bits per heavy atom. The molecule has 0 radical (unpaired) electrons. The number of aromatic hydroxyl groups is 1. The zero-order valence-corrected chi connectivity index (χ0v) is 12.9. The molecule has 4 N–H and O–H groups in total. The molecule has 0 saturated heterocycles. The molecule has 1 aromatic carbocycles. The van der Waals surface area contributed by atoms with Crippen LogP contribution in [0.3, 0.4) is 0 Å². The minimum Gasteiger partial charge on any atom is -0.506 e. The molecule has 2 aromatic rings. The molecule has 8 heteroatoms. The number of halogens is 1. The molecule has 1 aromatic heterocycles. The van der Waals surface area contributed by atoms with Crippen molar-refractivity contribution >= 4 is 33.6 Å². The van der Waals surface area contributed by atoms with Crippen LogP contribution in [0.2, 0.25) is 0 Å². The lowest BCUT2D eigenvalue weighted by Crippen LogP contribution is -2.24. The number of phenols is 1. The summed E-state index contributed by atoms with van der Waals surface area (Å²) in [5.74, 6) is -1.69. The second kappa shape index (κ2) is 4.70. The monoisotopic (exact) mass is 363 g/mol. The van der Waals surface area contributed by atoms with Gasteiger partial charge in [0.25, 0.3) is 17.4 Å². The van der Waals surface area contributed by atoms with Gasteiger partial charge in [-0.3, -0.25) is 24.3 Å². The molecular weight excluding hydrogens is 354 g/mol. The number of aryl methyl sites for hydroxylation is 1. The molecule has 22 heavy (non-hydrogen) atoms. The van der Waals surface area contributed by atoms with Crippen LogP contribution in [0.1, 0.15) is 26.3 Å². The van der Waals surface area contributed by atoms with Crippen molar-refractivity contribution in [1.29, 1.82) is 0 Å². The molecule has 7 nitrogen and oxygen atoms in total. The molecule has 0 saturated carbocycles. The predicted molar refractivity (Wildman–Crippen MR) is 82.3 cm³/mol. The molecule has 112 valence electrons. The number of nitrogens with two attached hydrogens (primary N) is 1. The smallest absolute Gasteiger partial charge is 0.262 e. The van der Waals surface area contributed by atoms with Crippen molar-refractivity contribution in [2.24, 2.45) is 0 Å². The summed E-state index contributed by atoms with van der Waals surface area (Å²) in [6.45, 7) is 1.68. The molecular formula is C14H10BrN3O4. The largest absolute Gasteiger partial charge is 0.506 e. The highest BCUT2D eigenvalue weighted by atomic mass is 79.9. The van der Waals surface area contributed by atoms with E-state index in [0.29, 0.717) is 10.0 Å². The van der Waals surface area contributed by atoms with Crippen molar-refractivity contribution in [3.63, 3.8) is 0 Å². The van der Waals surface area contributed by atoms with Gasteiger partial charge in [-0.25, -0.2) is 0 Å². The number of carbonyl (C=O) groups is 2. The standard InChI is InChI=1S/C14H10BrN3O4/c1-5-2-6(15)3-8(19)11(5)18-9(20)4-7-10(12(18)16)14(22)17-13(7)21/h2-4,19H,16H2,1H3,(H,17,21,22). The number of nitrogens with one attached hydrogen (secondary N) is 1. The molecule has 0 atom stereocenters. The summed E-state index contributed by atoms with van der Waals surface area (Å²) in [7, 11) is 0. The molecule has 1 aliphatic rings. The van der Waals surface area contributed by atoms with Gasteiger partial charge in [-0.15, -0.1) is 0 Å². The first-order valence-corrected chi connectivity index (χ1v) is 7.01. The van der Waals surface area contributed by atoms with Crippen molar-refractivity contribution in [3.05, 3.63) is 49.7 Å². The number of nitrogen functional groups attached to an aromatic ring is 1. The van der Waals surface area contributed by atoms with Crippen molar-refractivity contribution in [2.45, 2.75) is 6.92 Å². The third-order valence-electron chi connectivity index (χ3n) is 3.42. The van der Waals surface area contributed by atoms with E-state index in [-0.39, 0.29) is 28.4 Å². The number of fused-ring (bicyclic) bond motifs is 1. The van der Waals surface area contributed by atoms with Crippen molar-refractivity contribution < 1.29 is 14.7 Å². The van der Waals surface area contributed by atoms with Gasteiger partial charge < -0.3 is 10.8 Å². The minimum absolute atomic E-state index is 0.0574. The number of phenolic OH excluding ortho intramolecular Hbond substituents is 1. The van der Waals surface area contributed by atoms with E-state index >= 15 is 0 Å². The van der Waals surface area contributed by atoms with Crippen LogP contribution < -0.4 is 16.6 Å². The van der Waals surface area contributed by atoms with Crippen LogP contribution in [-0.2, 0) is 0 Å². The second-order valence-electron chi connectivity index (χ2n) is 4.87. The van der Waals surface area contributed by atoms with E-state index in [0.717, 1.165) is 10.6 Å². The van der Waals surface area contributed by atoms with Crippen LogP contribution in [-0.4, -0.2) is 21.5 Å². The van der Waals surface area contributed by atoms with Crippen LogP contribution in [0, 0.1) is 6.92 Å². The lowest BCUT2D eigenvalue weighted by Gasteiger charge is -2.15. The number of rotatable bonds is 1. The Kier molecular flexibility index (Phi) is 3.06. The van der Waals surface area contributed by atoms with Crippen LogP contribution >= 0.6 is 15.9 Å². The normalized spacial score (nSPS) is 13.2. The Bertz CT molecular complexity index is 894. The van der Waals surface area contributed by atoms with Gasteiger partial charge in [0.05, 0.1) is 16.8 Å². The maximum Gasteiger partial charge on any atom is 0.262 e. The number of carbonyl (C=O) groups excluding carboxylic acids is 2. The lowest BCUT2D eigenvalue weighted by molar-refractivity contribution is 0.0880. The van der Waals surface area contributed by atoms with E-state index in [1.165, 1.54) is 6.07 Å². The second-order valence-corrected chi connectivity index (χ2v) is 5.78. The predicted octanol–water partition coefficient (Wildman–Crippen LogP) is 1.08. The number of aromatic nitrogens is 1. The molecule has 0 aliphatic carbocycles. The fourth-order valence-corrected chi connectivity index (χ4v) is 3.08. The Balaban J connectivity index is 2.40. The lowest BCUT2D eigenvalue weighted by atomic mass is 10.1. The van der Waals surface area contributed by atoms with Gasteiger partial charge in [0.1, 0.15) is 11.6 Å². The first-order chi connectivity index (χ1) is 10.3. The Hall–Kier alpha value is -2.61. The van der Waals surface area contributed by atoms with Gasteiger partial charge in [-0.05, 0) is 24.6 Å². The van der Waals surface area contributed by atoms with Gasteiger partial charge in [0.2, 0.25) is 0 Å². The summed E-state index contributed by atoms with van der Waals surface area (Å²) >= 11 is 3.24. The first kappa shape index (κ1) is 14.3. The summed E-state index contributed by atoms with van der Waals surface area (Å²) in [4.78, 5) is 35.7. The zero-order valence-electron chi connectivity index (χ0n) is 11.3. The maximum atomic E-state index is 12.3. The van der Waals surface area contributed by atoms with Crippen molar-refractivity contribution in [3.8, 4) is 11.4 Å². The number of nitrogens with zero attached hydrogens (tertiary/aromatic N) is 1. The van der Waals surface area contributed by atoms with E-state index < -0.39 is 17.4 Å². The topological polar surface area (TPSA) is 114 Å². The third kappa shape index (κ3) is 1.92. The minimum atomic E-state index is -0.666. The molecule has 0 fully saturated rings. The van der Waals surface area contributed by atoms with Crippen LogP contribution in [0.15, 0.2) is 27.5 Å². The summed E-state index contributed by atoms with van der Waals surface area (Å²) in [6, 6.07) is 4.14. The first-order valence-electron chi connectivity index (χ1n) is 6.22. The number of amides is 2. The van der Waals surface area contributed by atoms with E-state index in [1.54, 1.807) is 13.0 Å². The Labute approximate surface area is 132 Å². The molecule has 0 bridgehead atoms. The SMILES string of the molecule is Cc1cc(Br)cc(O)c1-n1c(N)c2c(cc1=O)C(=O)NC2=O. The summed E-state index contributed by atoms with van der Waals surface area (Å²) in [6.07, 6.45) is 0. The van der Waals surface area contributed by atoms with Gasteiger partial charge >= 0.3 is 0 Å². The average molecular weight is 364 g/mol. The summed E-state index contributed by atoms with van der Waals surface area (Å²) < 4.78 is 1.65. The Morgan fingerprint density at radius 3 is 2.50 bits per heavy atom. The van der Waals surface area contributed by atoms with Gasteiger partial charge in [-0.1, -0.05) is 15.9 Å². The number of hydrogen-bond donors (Lipinski definition) is 3. The molecule has 0 spiro atoms. The van der Waals surface area contributed by atoms with Crippen LogP contribution in [0.5, 0.6) is 5.75 Å². The van der Waals surface area contributed by atoms with Gasteiger partial charge in [0.15, 0.2) is 0 Å². The van der Waals surface area contributed by atoms with Crippen LogP contribution in [0.4, 0.5) is 5.82 Å². The summed E-state index contributed by atoms with van der Waals surface area (Å²) in [5.41, 5.74) is 5.93. The van der Waals surface area contributed by atoms with Gasteiger partial charge in [0, 0.05) is 10.5 Å². The Morgan fingerprint density at radius 2 is 1.86 bits per heavy atom. The number of benzene rings is 1. The zero-order chi connectivity index (χ0) is 16.2. The maximum absolute atomic E-state index is 12.3. The average Bonchev–Trinajstić information content (AvgIpc) is 2.67. The number of pyridine rings is 1. The quantitative estimate of drug-likeness (QED) is 0.655. The van der Waals surface area contributed by atoms with Gasteiger partial charge in [-0.2, -0.15) is 0 Å². The van der Waals surface area contributed by atoms with E-state index in [9.17, 15) is 19.5 Å². The van der Waals surface area contributed by atoms with E-state index in [2.05, 4.69) is 21.2 Å². The fourth-order valence-electron chi connectivity index (χ4n) is 2.52. The third-order valence-corrected chi connectivity index (χ3v) is 3.88. The summed E-state index contributed by atoms with van der Waals surface area (Å²) in [5, 5.41) is 12.2. The number of anilines is 1. The highest BCUT2D eigenvalue weighted by Gasteiger charge is 2.32. The molecule has 3 rings (SSSR count).